The lowest BCUT2D eigenvalue weighted by Gasteiger charge is -2.44. The van der Waals surface area contributed by atoms with Crippen molar-refractivity contribution in [1.82, 2.24) is 0 Å². The number of carbonyl (C=O) groups is 2. The van der Waals surface area contributed by atoms with Gasteiger partial charge in [0.1, 0.15) is 5.78 Å². The molecule has 3 atom stereocenters. The van der Waals surface area contributed by atoms with Crippen LogP contribution in [0.1, 0.15) is 112 Å². The molecule has 0 N–H and O–H groups in total. The Morgan fingerprint density at radius 2 is 1.81 bits per heavy atom. The highest BCUT2D eigenvalue weighted by Gasteiger charge is 2.40. The van der Waals surface area contributed by atoms with Gasteiger partial charge in [0, 0.05) is 25.9 Å². The summed E-state index contributed by atoms with van der Waals surface area (Å²) < 4.78 is 10.4. The van der Waals surface area contributed by atoms with Gasteiger partial charge in [0.2, 0.25) is 0 Å². The molecule has 2 fully saturated rings. The molecule has 0 amide bonds. The molecule has 0 radical (unpaired) electrons. The monoisotopic (exact) mass is 438 g/mol. The van der Waals surface area contributed by atoms with Gasteiger partial charge in [-0.25, -0.2) is 0 Å². The summed E-state index contributed by atoms with van der Waals surface area (Å²) in [7, 11) is 3.27. The molecule has 182 valence electrons. The Kier molecular flexibility index (Phi) is 16.8. The Hall–Kier alpha value is -1.16. The molecule has 0 aromatic rings. The standard InChI is InChI=1S/C23H38O4.2C2H6/c1-23(16-9-17-23)21(26-2)12-8-10-18-14-15-20(24)19(18)11-6-4-5-7-13-22(25)27-3;2*1-2/h4,6,18-19,21H,5,7-17H2,1-3H3;2*1-2H3/b6-4-;;/t18-,19+,21?;;/m0../s1. The number of carbonyl (C=O) groups excluding carboxylic acids is 2. The van der Waals surface area contributed by atoms with Crippen LogP contribution >= 0.6 is 0 Å². The van der Waals surface area contributed by atoms with E-state index in [2.05, 4.69) is 23.8 Å². The number of allylic oxidation sites excluding steroid dienone is 2. The summed E-state index contributed by atoms with van der Waals surface area (Å²) in [6.45, 7) is 10.4. The van der Waals surface area contributed by atoms with E-state index in [1.54, 1.807) is 0 Å². The molecule has 2 aliphatic carbocycles. The molecule has 0 saturated heterocycles. The van der Waals surface area contributed by atoms with E-state index in [0.717, 1.165) is 51.4 Å². The predicted molar refractivity (Wildman–Crippen MR) is 130 cm³/mol. The molecule has 31 heavy (non-hydrogen) atoms. The Labute approximate surface area is 192 Å². The van der Waals surface area contributed by atoms with Crippen LogP contribution in [0.15, 0.2) is 12.2 Å². The predicted octanol–water partition coefficient (Wildman–Crippen LogP) is 7.30. The number of Topliss-reactive ketones (excluding diaryl/α,β-unsaturated/α-hetero) is 1. The second kappa shape index (κ2) is 17.4. The van der Waals surface area contributed by atoms with Crippen molar-refractivity contribution in [3.8, 4) is 0 Å². The van der Waals surface area contributed by atoms with Crippen LogP contribution in [0.5, 0.6) is 0 Å². The van der Waals surface area contributed by atoms with Gasteiger partial charge in [0.15, 0.2) is 0 Å². The number of esters is 1. The number of hydrogen-bond acceptors (Lipinski definition) is 4. The van der Waals surface area contributed by atoms with Crippen molar-refractivity contribution >= 4 is 11.8 Å². The smallest absolute Gasteiger partial charge is 0.305 e. The van der Waals surface area contributed by atoms with Gasteiger partial charge < -0.3 is 9.47 Å². The SMILES string of the molecule is CC.CC.COC(=O)CCC/C=C\C[C@H]1C(=O)CC[C@@H]1CCCC(OC)C1(C)CCC1. The lowest BCUT2D eigenvalue weighted by atomic mass is 9.65. The molecular weight excluding hydrogens is 388 g/mol. The molecule has 2 aliphatic rings. The van der Waals surface area contributed by atoms with Crippen LogP contribution in [0, 0.1) is 17.3 Å². The highest BCUT2D eigenvalue weighted by atomic mass is 16.5. The van der Waals surface area contributed by atoms with E-state index in [4.69, 9.17) is 4.74 Å². The van der Waals surface area contributed by atoms with Crippen molar-refractivity contribution in [3.05, 3.63) is 12.2 Å². The van der Waals surface area contributed by atoms with E-state index < -0.39 is 0 Å². The zero-order valence-corrected chi connectivity index (χ0v) is 21.5. The van der Waals surface area contributed by atoms with Crippen molar-refractivity contribution in [2.24, 2.45) is 17.3 Å². The molecule has 0 spiro atoms. The van der Waals surface area contributed by atoms with Crippen LogP contribution in [0.2, 0.25) is 0 Å². The van der Waals surface area contributed by atoms with Gasteiger partial charge in [-0.1, -0.05) is 59.6 Å². The summed E-state index contributed by atoms with van der Waals surface area (Å²) >= 11 is 0. The summed E-state index contributed by atoms with van der Waals surface area (Å²) in [4.78, 5) is 23.4. The van der Waals surface area contributed by atoms with Crippen LogP contribution in [-0.4, -0.2) is 32.1 Å². The minimum atomic E-state index is -0.153. The molecule has 0 aliphatic heterocycles. The average Bonchev–Trinajstić information content (AvgIpc) is 3.13. The Balaban J connectivity index is 0.00000212. The van der Waals surface area contributed by atoms with E-state index in [1.807, 2.05) is 34.8 Å². The quantitative estimate of drug-likeness (QED) is 0.182. The molecule has 2 rings (SSSR count). The third kappa shape index (κ3) is 10.3. The molecular formula is C27H50O4. The average molecular weight is 439 g/mol. The summed E-state index contributed by atoms with van der Waals surface area (Å²) in [6, 6.07) is 0. The first-order valence-electron chi connectivity index (χ1n) is 12.8. The molecule has 0 heterocycles. The van der Waals surface area contributed by atoms with Crippen LogP contribution in [0.3, 0.4) is 0 Å². The van der Waals surface area contributed by atoms with Crippen LogP contribution in [0.4, 0.5) is 0 Å². The van der Waals surface area contributed by atoms with Crippen molar-refractivity contribution in [1.29, 1.82) is 0 Å². The first kappa shape index (κ1) is 29.8. The Morgan fingerprint density at radius 1 is 1.13 bits per heavy atom. The third-order valence-corrected chi connectivity index (χ3v) is 6.88. The number of unbranched alkanes of at least 4 members (excludes halogenated alkanes) is 1. The highest BCUT2D eigenvalue weighted by Crippen LogP contribution is 2.46. The van der Waals surface area contributed by atoms with Crippen LogP contribution in [-0.2, 0) is 19.1 Å². The lowest BCUT2D eigenvalue weighted by Crippen LogP contribution is -2.39. The van der Waals surface area contributed by atoms with E-state index in [1.165, 1.54) is 26.4 Å². The van der Waals surface area contributed by atoms with Crippen molar-refractivity contribution in [2.75, 3.05) is 14.2 Å². The van der Waals surface area contributed by atoms with Crippen LogP contribution in [0.25, 0.3) is 0 Å². The third-order valence-electron chi connectivity index (χ3n) is 6.88. The molecule has 0 bridgehead atoms. The fourth-order valence-corrected chi connectivity index (χ4v) is 4.85. The van der Waals surface area contributed by atoms with Crippen molar-refractivity contribution in [3.63, 3.8) is 0 Å². The Morgan fingerprint density at radius 3 is 2.35 bits per heavy atom. The maximum atomic E-state index is 12.3. The van der Waals surface area contributed by atoms with Gasteiger partial charge in [-0.05, 0) is 62.7 Å². The van der Waals surface area contributed by atoms with Crippen molar-refractivity contribution in [2.45, 2.75) is 118 Å². The van der Waals surface area contributed by atoms with Gasteiger partial charge in [-0.3, -0.25) is 9.59 Å². The maximum absolute atomic E-state index is 12.3. The van der Waals surface area contributed by atoms with Gasteiger partial charge in [-0.2, -0.15) is 0 Å². The molecule has 0 aromatic heterocycles. The first-order chi connectivity index (χ1) is 15.0. The number of rotatable bonds is 12. The Bertz CT molecular complexity index is 507. The summed E-state index contributed by atoms with van der Waals surface area (Å²) in [5.41, 5.74) is 0.382. The normalized spacial score (nSPS) is 22.6. The maximum Gasteiger partial charge on any atom is 0.305 e. The number of ether oxygens (including phenoxy) is 2. The second-order valence-electron chi connectivity index (χ2n) is 8.71. The minimum Gasteiger partial charge on any atom is -0.469 e. The fourth-order valence-electron chi connectivity index (χ4n) is 4.85. The van der Waals surface area contributed by atoms with E-state index in [9.17, 15) is 9.59 Å². The van der Waals surface area contributed by atoms with E-state index >= 15 is 0 Å². The number of ketones is 1. The molecule has 1 unspecified atom stereocenters. The van der Waals surface area contributed by atoms with Gasteiger partial charge in [0.25, 0.3) is 0 Å². The largest absolute Gasteiger partial charge is 0.469 e. The van der Waals surface area contributed by atoms with Crippen molar-refractivity contribution < 1.29 is 19.1 Å². The highest BCUT2D eigenvalue weighted by molar-refractivity contribution is 5.83. The van der Waals surface area contributed by atoms with Gasteiger partial charge >= 0.3 is 5.97 Å². The molecule has 0 aromatic carbocycles. The first-order valence-corrected chi connectivity index (χ1v) is 12.8. The molecule has 2 saturated carbocycles. The summed E-state index contributed by atoms with van der Waals surface area (Å²) in [5.74, 6) is 1.01. The lowest BCUT2D eigenvalue weighted by molar-refractivity contribution is -0.140. The van der Waals surface area contributed by atoms with Gasteiger partial charge in [-0.15, -0.1) is 0 Å². The number of hydrogen-bond donors (Lipinski definition) is 0. The van der Waals surface area contributed by atoms with Crippen LogP contribution < -0.4 is 0 Å². The summed E-state index contributed by atoms with van der Waals surface area (Å²) in [6.07, 6.45) is 16.8. The molecule has 4 heteroatoms. The minimum absolute atomic E-state index is 0.153. The topological polar surface area (TPSA) is 52.6 Å². The zero-order chi connectivity index (χ0) is 23.7. The van der Waals surface area contributed by atoms with E-state index in [0.29, 0.717) is 29.6 Å². The van der Waals surface area contributed by atoms with Gasteiger partial charge in [0.05, 0.1) is 13.2 Å². The number of methoxy groups -OCH3 is 2. The second-order valence-corrected chi connectivity index (χ2v) is 8.71. The molecule has 4 nitrogen and oxygen atoms in total. The fraction of sp³-hybridized carbons (Fsp3) is 0.852. The van der Waals surface area contributed by atoms with E-state index in [-0.39, 0.29) is 11.9 Å². The zero-order valence-electron chi connectivity index (χ0n) is 21.5. The summed E-state index contributed by atoms with van der Waals surface area (Å²) in [5, 5.41) is 0.